The van der Waals surface area contributed by atoms with Crippen molar-refractivity contribution in [3.8, 4) is 23.0 Å². The third-order valence-corrected chi connectivity index (χ3v) is 2.76. The molecule has 17 heavy (non-hydrogen) atoms. The van der Waals surface area contributed by atoms with Gasteiger partial charge in [-0.25, -0.2) is 0 Å². The van der Waals surface area contributed by atoms with Crippen molar-refractivity contribution in [3.05, 3.63) is 11.1 Å². The van der Waals surface area contributed by atoms with E-state index < -0.39 is 0 Å². The Bertz CT molecular complexity index is 430. The molecule has 4 heteroatoms. The molecule has 0 atom stereocenters. The summed E-state index contributed by atoms with van der Waals surface area (Å²) in [4.78, 5) is 0. The van der Waals surface area contributed by atoms with E-state index in [1.54, 1.807) is 6.92 Å². The van der Waals surface area contributed by atoms with E-state index in [0.717, 1.165) is 0 Å². The zero-order valence-electron chi connectivity index (χ0n) is 11.2. The van der Waals surface area contributed by atoms with Crippen molar-refractivity contribution in [2.24, 2.45) is 0 Å². The molecule has 1 aromatic carbocycles. The first-order valence-corrected chi connectivity index (χ1v) is 5.42. The minimum atomic E-state index is -0.300. The van der Waals surface area contributed by atoms with Crippen LogP contribution < -0.4 is 9.47 Å². The second-order valence-corrected chi connectivity index (χ2v) is 5.01. The summed E-state index contributed by atoms with van der Waals surface area (Å²) in [5.74, 6) is 0.357. The first-order valence-electron chi connectivity index (χ1n) is 5.42. The van der Waals surface area contributed by atoms with Crippen LogP contribution in [0.3, 0.4) is 0 Å². The predicted molar refractivity (Wildman–Crippen MR) is 66.3 cm³/mol. The van der Waals surface area contributed by atoms with Crippen LogP contribution in [-0.4, -0.2) is 24.4 Å². The van der Waals surface area contributed by atoms with Gasteiger partial charge < -0.3 is 19.7 Å². The van der Waals surface area contributed by atoms with Crippen LogP contribution in [0.4, 0.5) is 0 Å². The van der Waals surface area contributed by atoms with Crippen LogP contribution in [-0.2, 0) is 5.41 Å². The van der Waals surface area contributed by atoms with E-state index in [1.165, 1.54) is 14.2 Å². The highest BCUT2D eigenvalue weighted by atomic mass is 16.5. The minimum Gasteiger partial charge on any atom is -0.504 e. The monoisotopic (exact) mass is 240 g/mol. The summed E-state index contributed by atoms with van der Waals surface area (Å²) in [6.07, 6.45) is 0. The highest BCUT2D eigenvalue weighted by molar-refractivity contribution is 5.67. The van der Waals surface area contributed by atoms with Crippen molar-refractivity contribution in [3.63, 3.8) is 0 Å². The average Bonchev–Trinajstić information content (AvgIpc) is 2.21. The second kappa shape index (κ2) is 4.35. The SMILES string of the molecule is COc1c(O)c(C)c(C(C)(C)C)c(O)c1OC. The van der Waals surface area contributed by atoms with E-state index in [9.17, 15) is 10.2 Å². The molecule has 0 saturated carbocycles. The summed E-state index contributed by atoms with van der Waals surface area (Å²) in [6, 6.07) is 0. The van der Waals surface area contributed by atoms with Crippen molar-refractivity contribution < 1.29 is 19.7 Å². The van der Waals surface area contributed by atoms with Gasteiger partial charge in [0.05, 0.1) is 14.2 Å². The van der Waals surface area contributed by atoms with Crippen molar-refractivity contribution in [2.45, 2.75) is 33.1 Å². The average molecular weight is 240 g/mol. The van der Waals surface area contributed by atoms with Gasteiger partial charge in [-0.2, -0.15) is 0 Å². The van der Waals surface area contributed by atoms with E-state index >= 15 is 0 Å². The van der Waals surface area contributed by atoms with E-state index in [-0.39, 0.29) is 28.4 Å². The van der Waals surface area contributed by atoms with Crippen molar-refractivity contribution in [1.82, 2.24) is 0 Å². The van der Waals surface area contributed by atoms with Crippen LogP contribution in [0.2, 0.25) is 0 Å². The second-order valence-electron chi connectivity index (χ2n) is 5.01. The number of hydrogen-bond donors (Lipinski definition) is 2. The topological polar surface area (TPSA) is 58.9 Å². The highest BCUT2D eigenvalue weighted by Crippen LogP contribution is 2.51. The quantitative estimate of drug-likeness (QED) is 0.780. The fraction of sp³-hybridized carbons (Fsp3) is 0.538. The molecule has 0 amide bonds. The van der Waals surface area contributed by atoms with Gasteiger partial charge in [-0.1, -0.05) is 20.8 Å². The summed E-state index contributed by atoms with van der Waals surface area (Å²) >= 11 is 0. The Morgan fingerprint density at radius 2 is 1.29 bits per heavy atom. The maximum Gasteiger partial charge on any atom is 0.207 e. The lowest BCUT2D eigenvalue weighted by molar-refractivity contribution is 0.310. The van der Waals surface area contributed by atoms with Gasteiger partial charge in [-0.05, 0) is 12.3 Å². The van der Waals surface area contributed by atoms with Gasteiger partial charge >= 0.3 is 0 Å². The number of methoxy groups -OCH3 is 2. The number of hydrogen-bond acceptors (Lipinski definition) is 4. The Morgan fingerprint density at radius 1 is 0.882 bits per heavy atom. The van der Waals surface area contributed by atoms with Crippen LogP contribution in [0.25, 0.3) is 0 Å². The van der Waals surface area contributed by atoms with Gasteiger partial charge in [0, 0.05) is 11.1 Å². The lowest BCUT2D eigenvalue weighted by atomic mass is 9.82. The fourth-order valence-corrected chi connectivity index (χ4v) is 2.09. The Morgan fingerprint density at radius 3 is 1.65 bits per heavy atom. The number of benzene rings is 1. The minimum absolute atomic E-state index is 0.00655. The Labute approximate surface area is 102 Å². The molecular weight excluding hydrogens is 220 g/mol. The van der Waals surface area contributed by atoms with Crippen LogP contribution in [0.15, 0.2) is 0 Å². The van der Waals surface area contributed by atoms with E-state index in [4.69, 9.17) is 9.47 Å². The van der Waals surface area contributed by atoms with Crippen LogP contribution in [0.1, 0.15) is 31.9 Å². The summed E-state index contributed by atoms with van der Waals surface area (Å²) in [6.45, 7) is 7.62. The van der Waals surface area contributed by atoms with Gasteiger partial charge in [0.1, 0.15) is 0 Å². The summed E-state index contributed by atoms with van der Waals surface area (Å²) in [7, 11) is 2.85. The predicted octanol–water partition coefficient (Wildman–Crippen LogP) is 2.72. The molecule has 4 nitrogen and oxygen atoms in total. The number of aromatic hydroxyl groups is 2. The van der Waals surface area contributed by atoms with Gasteiger partial charge in [0.15, 0.2) is 11.5 Å². The van der Waals surface area contributed by atoms with Crippen molar-refractivity contribution in [1.29, 1.82) is 0 Å². The molecule has 0 bridgehead atoms. The lowest BCUT2D eigenvalue weighted by Crippen LogP contribution is -2.14. The maximum atomic E-state index is 10.2. The third kappa shape index (κ3) is 2.12. The molecule has 0 fully saturated rings. The Kier molecular flexibility index (Phi) is 3.45. The van der Waals surface area contributed by atoms with Crippen molar-refractivity contribution in [2.75, 3.05) is 14.2 Å². The molecule has 1 rings (SSSR count). The van der Waals surface area contributed by atoms with Gasteiger partial charge in [-0.15, -0.1) is 0 Å². The van der Waals surface area contributed by atoms with E-state index in [2.05, 4.69) is 0 Å². The summed E-state index contributed by atoms with van der Waals surface area (Å²) in [5, 5.41) is 20.3. The third-order valence-electron chi connectivity index (χ3n) is 2.76. The molecule has 0 aromatic heterocycles. The fourth-order valence-electron chi connectivity index (χ4n) is 2.09. The molecule has 0 saturated heterocycles. The smallest absolute Gasteiger partial charge is 0.207 e. The van der Waals surface area contributed by atoms with Crippen LogP contribution in [0.5, 0.6) is 23.0 Å². The number of ether oxygens (including phenoxy) is 2. The molecule has 1 aromatic rings. The largest absolute Gasteiger partial charge is 0.504 e. The molecule has 0 unspecified atom stereocenters. The molecular formula is C13H20O4. The molecule has 0 spiro atoms. The Hall–Kier alpha value is -1.58. The first-order chi connectivity index (χ1) is 7.75. The molecule has 0 aliphatic carbocycles. The number of rotatable bonds is 2. The zero-order valence-corrected chi connectivity index (χ0v) is 11.2. The molecule has 2 N–H and O–H groups in total. The van der Waals surface area contributed by atoms with Crippen molar-refractivity contribution >= 4 is 0 Å². The molecule has 0 aliphatic heterocycles. The zero-order chi connectivity index (χ0) is 13.4. The van der Waals surface area contributed by atoms with E-state index in [1.807, 2.05) is 20.8 Å². The molecule has 0 aliphatic rings. The van der Waals surface area contributed by atoms with E-state index in [0.29, 0.717) is 11.1 Å². The summed E-state index contributed by atoms with van der Waals surface area (Å²) in [5.41, 5.74) is 0.964. The van der Waals surface area contributed by atoms with Crippen LogP contribution >= 0.6 is 0 Å². The molecule has 0 heterocycles. The maximum absolute atomic E-state index is 10.2. The first kappa shape index (κ1) is 13.5. The van der Waals surface area contributed by atoms with Crippen LogP contribution in [0, 0.1) is 6.92 Å². The van der Waals surface area contributed by atoms with Gasteiger partial charge in [0.25, 0.3) is 0 Å². The van der Waals surface area contributed by atoms with Gasteiger partial charge in [-0.3, -0.25) is 0 Å². The summed E-state index contributed by atoms with van der Waals surface area (Å²) < 4.78 is 10.2. The number of phenolic OH excluding ortho intramolecular Hbond substituents is 2. The normalized spacial score (nSPS) is 11.4. The molecule has 0 radical (unpaired) electrons. The highest BCUT2D eigenvalue weighted by Gasteiger charge is 2.29. The molecule has 96 valence electrons. The lowest BCUT2D eigenvalue weighted by Gasteiger charge is -2.26. The van der Waals surface area contributed by atoms with Gasteiger partial charge in [0.2, 0.25) is 11.5 Å². The number of phenols is 2. The standard InChI is InChI=1S/C13H20O4/c1-7-8(13(2,3)4)10(15)12(17-6)11(16-5)9(7)14/h14-15H,1-6H3. The Balaban J connectivity index is 3.71.